The number of ether oxygens (including phenoxy) is 1. The third-order valence-electron chi connectivity index (χ3n) is 1.50. The van der Waals surface area contributed by atoms with Crippen molar-refractivity contribution < 1.29 is 9.84 Å². The summed E-state index contributed by atoms with van der Waals surface area (Å²) >= 11 is 0. The summed E-state index contributed by atoms with van der Waals surface area (Å²) in [6, 6.07) is 4.78. The molecule has 0 aliphatic heterocycles. The smallest absolute Gasteiger partial charge is 0.265 e. The van der Waals surface area contributed by atoms with E-state index in [0.29, 0.717) is 5.75 Å². The van der Waals surface area contributed by atoms with Crippen LogP contribution in [0.15, 0.2) is 18.2 Å². The highest BCUT2D eigenvalue weighted by Gasteiger charge is 2.07. The number of phenols is 1. The lowest BCUT2D eigenvalue weighted by atomic mass is 10.2. The number of methoxy groups -OCH3 is 1. The van der Waals surface area contributed by atoms with Gasteiger partial charge in [-0.3, -0.25) is 0 Å². The monoisotopic (exact) mass is 165 g/mol. The maximum Gasteiger partial charge on any atom is 0.265 e. The van der Waals surface area contributed by atoms with E-state index in [1.807, 2.05) is 0 Å². The van der Waals surface area contributed by atoms with Crippen molar-refractivity contribution in [3.8, 4) is 11.5 Å². The molecule has 4 radical (unpaired) electrons. The molecule has 0 bridgehead atoms. The van der Waals surface area contributed by atoms with Gasteiger partial charge in [0.25, 0.3) is 5.84 Å². The van der Waals surface area contributed by atoms with Crippen molar-refractivity contribution in [2.24, 2.45) is 0 Å². The number of aromatic hydroxyl groups is 1. The summed E-state index contributed by atoms with van der Waals surface area (Å²) in [6.07, 6.45) is 0. The van der Waals surface area contributed by atoms with Gasteiger partial charge in [-0.2, -0.15) is 0 Å². The van der Waals surface area contributed by atoms with Crippen molar-refractivity contribution in [1.29, 1.82) is 0 Å². The lowest BCUT2D eigenvalue weighted by Crippen LogP contribution is -2.00. The Morgan fingerprint density at radius 1 is 1.58 bits per heavy atom. The van der Waals surface area contributed by atoms with Crippen molar-refractivity contribution >= 4 is 0 Å². The molecule has 0 aliphatic carbocycles. The number of nitrogens with zero attached hydrogens (tertiary/aromatic N) is 2. The van der Waals surface area contributed by atoms with Crippen molar-refractivity contribution in [3.05, 3.63) is 23.8 Å². The Bertz CT molecular complexity index is 263. The molecule has 0 aromatic heterocycles. The van der Waals surface area contributed by atoms with E-state index >= 15 is 0 Å². The van der Waals surface area contributed by atoms with Crippen LogP contribution in [0.2, 0.25) is 0 Å². The van der Waals surface area contributed by atoms with Gasteiger partial charge in [-0.15, -0.1) is 0 Å². The van der Waals surface area contributed by atoms with Crippen LogP contribution in [0.1, 0.15) is 5.56 Å². The normalized spacial score (nSPS) is 9.83. The van der Waals surface area contributed by atoms with Gasteiger partial charge >= 0.3 is 0 Å². The summed E-state index contributed by atoms with van der Waals surface area (Å²) in [5.41, 5.74) is 3.76. The lowest BCUT2D eigenvalue weighted by molar-refractivity contribution is 0.372. The Hall–Kier alpha value is -1.26. The summed E-state index contributed by atoms with van der Waals surface area (Å²) in [5, 5.41) is 9.19. The molecular formula is C8H9N2O2+. The number of hydrogen-bond acceptors (Lipinski definition) is 2. The minimum absolute atomic E-state index is 0.0826. The molecule has 0 heterocycles. The zero-order valence-electron chi connectivity index (χ0n) is 6.69. The van der Waals surface area contributed by atoms with Crippen molar-refractivity contribution in [3.63, 3.8) is 0 Å². The number of hydrogen-bond donors (Lipinski definition) is 1. The predicted octanol–water partition coefficient (Wildman–Crippen LogP) is 0.489. The molecule has 0 saturated carbocycles. The SMILES string of the molecule is COc1cc(C[N+][N])ccc1O. The predicted molar refractivity (Wildman–Crippen MR) is 42.6 cm³/mol. The maximum absolute atomic E-state index is 9.19. The minimum Gasteiger partial charge on any atom is -0.504 e. The van der Waals surface area contributed by atoms with E-state index in [0.717, 1.165) is 5.56 Å². The molecule has 0 saturated heterocycles. The van der Waals surface area contributed by atoms with Gasteiger partial charge in [-0.1, -0.05) is 0 Å². The molecule has 0 aliphatic rings. The van der Waals surface area contributed by atoms with E-state index in [2.05, 4.69) is 5.43 Å². The average molecular weight is 165 g/mol. The van der Waals surface area contributed by atoms with Crippen LogP contribution < -0.4 is 16.0 Å². The largest absolute Gasteiger partial charge is 0.504 e. The van der Waals surface area contributed by atoms with Gasteiger partial charge in [0.2, 0.25) is 12.0 Å². The van der Waals surface area contributed by atoms with Crippen molar-refractivity contribution in [2.75, 3.05) is 7.11 Å². The molecule has 12 heavy (non-hydrogen) atoms. The van der Waals surface area contributed by atoms with Gasteiger partial charge in [-0.25, -0.2) is 0 Å². The van der Waals surface area contributed by atoms with E-state index < -0.39 is 0 Å². The molecular weight excluding hydrogens is 156 g/mol. The summed E-state index contributed by atoms with van der Waals surface area (Å²) < 4.78 is 4.86. The summed E-state index contributed by atoms with van der Waals surface area (Å²) in [6.45, 7) is 0.205. The second-order valence-corrected chi connectivity index (χ2v) is 2.31. The van der Waals surface area contributed by atoms with E-state index in [9.17, 15) is 5.11 Å². The van der Waals surface area contributed by atoms with E-state index in [4.69, 9.17) is 10.6 Å². The highest BCUT2D eigenvalue weighted by Crippen LogP contribution is 2.25. The van der Waals surface area contributed by atoms with Crippen LogP contribution in [0.25, 0.3) is 0 Å². The van der Waals surface area contributed by atoms with Gasteiger partial charge in [0.15, 0.2) is 11.5 Å². The van der Waals surface area contributed by atoms with Crippen LogP contribution in [0.5, 0.6) is 11.5 Å². The summed E-state index contributed by atoms with van der Waals surface area (Å²) in [7, 11) is 1.47. The minimum atomic E-state index is 0.0826. The Morgan fingerprint density at radius 3 is 2.92 bits per heavy atom. The Labute approximate surface area is 70.9 Å². The molecule has 62 valence electrons. The first-order valence-corrected chi connectivity index (χ1v) is 3.44. The molecule has 1 N–H and O–H groups in total. The molecule has 0 unspecified atom stereocenters. The summed E-state index contributed by atoms with van der Waals surface area (Å²) in [5.74, 6) is 8.74. The van der Waals surface area contributed by atoms with Gasteiger partial charge in [0.05, 0.1) is 7.11 Å². The fourth-order valence-electron chi connectivity index (χ4n) is 0.902. The van der Waals surface area contributed by atoms with Crippen LogP contribution in [0, 0.1) is 0 Å². The van der Waals surface area contributed by atoms with Crippen LogP contribution in [0.3, 0.4) is 0 Å². The Balaban J connectivity index is 2.89. The highest BCUT2D eigenvalue weighted by molar-refractivity contribution is 5.41. The first-order chi connectivity index (χ1) is 5.77. The van der Waals surface area contributed by atoms with E-state index in [-0.39, 0.29) is 12.3 Å². The van der Waals surface area contributed by atoms with Crippen LogP contribution in [-0.4, -0.2) is 12.2 Å². The molecule has 1 aromatic rings. The van der Waals surface area contributed by atoms with Gasteiger partial charge < -0.3 is 9.84 Å². The molecule has 0 atom stereocenters. The van der Waals surface area contributed by atoms with Gasteiger partial charge in [0, 0.05) is 5.56 Å². The molecule has 4 heteroatoms. The van der Waals surface area contributed by atoms with E-state index in [1.165, 1.54) is 13.2 Å². The summed E-state index contributed by atoms with van der Waals surface area (Å²) in [4.78, 5) is 0. The fourth-order valence-corrected chi connectivity index (χ4v) is 0.902. The molecule has 0 fully saturated rings. The van der Waals surface area contributed by atoms with E-state index in [1.54, 1.807) is 12.1 Å². The third-order valence-corrected chi connectivity index (χ3v) is 1.50. The molecule has 1 aromatic carbocycles. The number of phenolic OH excluding ortho intramolecular Hbond substituents is 1. The second kappa shape index (κ2) is 3.94. The van der Waals surface area contributed by atoms with Gasteiger partial charge in [0.1, 0.15) is 0 Å². The van der Waals surface area contributed by atoms with Gasteiger partial charge in [-0.05, 0) is 18.2 Å². The first kappa shape index (κ1) is 8.83. The molecule has 4 nitrogen and oxygen atoms in total. The molecule has 1 rings (SSSR count). The first-order valence-electron chi connectivity index (χ1n) is 3.44. The average Bonchev–Trinajstić information content (AvgIpc) is 2.09. The van der Waals surface area contributed by atoms with Crippen molar-refractivity contribution in [1.82, 2.24) is 11.3 Å². The quantitative estimate of drug-likeness (QED) is 0.662. The Kier molecular flexibility index (Phi) is 2.90. The molecule has 0 spiro atoms. The van der Waals surface area contributed by atoms with Crippen molar-refractivity contribution in [2.45, 2.75) is 6.54 Å². The lowest BCUT2D eigenvalue weighted by Gasteiger charge is -2.02. The standard InChI is InChI=1S/C8H9N2O2/c1-12-8-4-6(5-10-9)2-3-7(8)11/h2-4,11H,5H2,1H3/q+1. The second-order valence-electron chi connectivity index (χ2n) is 2.31. The van der Waals surface area contributed by atoms with Crippen LogP contribution in [0.4, 0.5) is 0 Å². The molecule has 0 amide bonds. The zero-order chi connectivity index (χ0) is 8.97. The highest BCUT2D eigenvalue weighted by atomic mass is 16.5. The van der Waals surface area contributed by atoms with Crippen LogP contribution >= 0.6 is 0 Å². The number of benzene rings is 1. The van der Waals surface area contributed by atoms with Crippen LogP contribution in [-0.2, 0) is 6.54 Å². The number of rotatable bonds is 3. The zero-order valence-corrected chi connectivity index (χ0v) is 6.69. The topological polar surface area (TPSA) is 65.9 Å². The third kappa shape index (κ3) is 1.87. The fraction of sp³-hybridized carbons (Fsp3) is 0.250. The Morgan fingerprint density at radius 2 is 2.33 bits per heavy atom. The maximum atomic E-state index is 9.19.